The molecule has 1 unspecified atom stereocenters. The van der Waals surface area contributed by atoms with E-state index in [1.807, 2.05) is 0 Å². The van der Waals surface area contributed by atoms with Crippen LogP contribution in [0.15, 0.2) is 42.5 Å². The molecule has 0 aliphatic rings. The van der Waals surface area contributed by atoms with Gasteiger partial charge in [0.1, 0.15) is 0 Å². The maximum Gasteiger partial charge on any atom is -0.0149 e. The van der Waals surface area contributed by atoms with Gasteiger partial charge in [-0.1, -0.05) is 56.3 Å². The average molecular weight is 238 g/mol. The summed E-state index contributed by atoms with van der Waals surface area (Å²) in [7, 11) is 0. The first-order valence-corrected chi connectivity index (χ1v) is 6.80. The maximum atomic E-state index is 2.37. The van der Waals surface area contributed by atoms with Crippen molar-refractivity contribution in [2.75, 3.05) is 0 Å². The van der Waals surface area contributed by atoms with Crippen molar-refractivity contribution in [1.29, 1.82) is 0 Å². The second kappa shape index (κ2) is 5.39. The molecular formula is C18H22. The van der Waals surface area contributed by atoms with Gasteiger partial charge < -0.3 is 0 Å². The van der Waals surface area contributed by atoms with Gasteiger partial charge in [0.2, 0.25) is 0 Å². The van der Waals surface area contributed by atoms with Crippen molar-refractivity contribution < 1.29 is 0 Å². The summed E-state index contributed by atoms with van der Waals surface area (Å²) in [6.07, 6.45) is 1.19. The standard InChI is InChI=1S/C18H22/c1-5-13(2)16-11-10-15(4)18(12-16)17-9-7-6-8-14(17)3/h6-13H,5H2,1-4H3. The fraction of sp³-hybridized carbons (Fsp3) is 0.333. The Hall–Kier alpha value is -1.56. The van der Waals surface area contributed by atoms with Crippen LogP contribution in [0, 0.1) is 13.8 Å². The number of benzene rings is 2. The predicted octanol–water partition coefficient (Wildman–Crippen LogP) is 5.48. The highest BCUT2D eigenvalue weighted by atomic mass is 14.1. The molecule has 0 spiro atoms. The molecule has 94 valence electrons. The van der Waals surface area contributed by atoms with E-state index < -0.39 is 0 Å². The van der Waals surface area contributed by atoms with E-state index in [1.165, 1.54) is 34.2 Å². The molecule has 0 aromatic heterocycles. The molecule has 1 atom stereocenters. The van der Waals surface area contributed by atoms with Crippen LogP contribution in [0.1, 0.15) is 42.9 Å². The number of rotatable bonds is 3. The first-order chi connectivity index (χ1) is 8.63. The first kappa shape index (κ1) is 12.9. The highest BCUT2D eigenvalue weighted by molar-refractivity contribution is 5.71. The summed E-state index contributed by atoms with van der Waals surface area (Å²) in [6, 6.07) is 15.5. The smallest absolute Gasteiger partial charge is 0.0149 e. The van der Waals surface area contributed by atoms with Crippen LogP contribution in [-0.2, 0) is 0 Å². The third kappa shape index (κ3) is 2.48. The van der Waals surface area contributed by atoms with Crippen molar-refractivity contribution in [2.45, 2.75) is 40.0 Å². The lowest BCUT2D eigenvalue weighted by Crippen LogP contribution is -1.94. The van der Waals surface area contributed by atoms with E-state index in [0.29, 0.717) is 5.92 Å². The lowest BCUT2D eigenvalue weighted by atomic mass is 9.90. The van der Waals surface area contributed by atoms with Crippen LogP contribution in [0.5, 0.6) is 0 Å². The molecule has 0 amide bonds. The number of hydrogen-bond acceptors (Lipinski definition) is 0. The van der Waals surface area contributed by atoms with Crippen LogP contribution < -0.4 is 0 Å². The SMILES string of the molecule is CCC(C)c1ccc(C)c(-c2ccccc2C)c1. The van der Waals surface area contributed by atoms with Gasteiger partial charge in [0.05, 0.1) is 0 Å². The van der Waals surface area contributed by atoms with Crippen LogP contribution in [0.2, 0.25) is 0 Å². The van der Waals surface area contributed by atoms with Crippen LogP contribution in [-0.4, -0.2) is 0 Å². The van der Waals surface area contributed by atoms with E-state index in [1.54, 1.807) is 0 Å². The van der Waals surface area contributed by atoms with Gasteiger partial charge in [-0.3, -0.25) is 0 Å². The lowest BCUT2D eigenvalue weighted by Gasteiger charge is -2.14. The van der Waals surface area contributed by atoms with Gasteiger partial charge in [-0.05, 0) is 54.0 Å². The Balaban J connectivity index is 2.54. The minimum Gasteiger partial charge on any atom is -0.0648 e. The summed E-state index contributed by atoms with van der Waals surface area (Å²) >= 11 is 0. The van der Waals surface area contributed by atoms with Crippen molar-refractivity contribution in [3.05, 3.63) is 59.2 Å². The Morgan fingerprint density at radius 3 is 2.22 bits per heavy atom. The molecule has 2 rings (SSSR count). The Labute approximate surface area is 111 Å². The van der Waals surface area contributed by atoms with Gasteiger partial charge in [0.15, 0.2) is 0 Å². The van der Waals surface area contributed by atoms with Crippen LogP contribution >= 0.6 is 0 Å². The van der Waals surface area contributed by atoms with Crippen LogP contribution in [0.4, 0.5) is 0 Å². The fourth-order valence-corrected chi connectivity index (χ4v) is 2.35. The minimum atomic E-state index is 0.633. The monoisotopic (exact) mass is 238 g/mol. The summed E-state index contributed by atoms with van der Waals surface area (Å²) in [5, 5.41) is 0. The quantitative estimate of drug-likeness (QED) is 0.663. The zero-order valence-electron chi connectivity index (χ0n) is 11.8. The molecule has 0 saturated carbocycles. The molecule has 0 aliphatic heterocycles. The lowest BCUT2D eigenvalue weighted by molar-refractivity contribution is 0.733. The predicted molar refractivity (Wildman–Crippen MR) is 80.1 cm³/mol. The van der Waals surface area contributed by atoms with Crippen LogP contribution in [0.3, 0.4) is 0 Å². The van der Waals surface area contributed by atoms with E-state index >= 15 is 0 Å². The van der Waals surface area contributed by atoms with Gasteiger partial charge >= 0.3 is 0 Å². The molecule has 18 heavy (non-hydrogen) atoms. The molecule has 0 radical (unpaired) electrons. The first-order valence-electron chi connectivity index (χ1n) is 6.80. The molecule has 0 nitrogen and oxygen atoms in total. The summed E-state index contributed by atoms with van der Waals surface area (Å²) < 4.78 is 0. The third-order valence-electron chi connectivity index (χ3n) is 3.88. The summed E-state index contributed by atoms with van der Waals surface area (Å²) in [6.45, 7) is 8.93. The van der Waals surface area contributed by atoms with Gasteiger partial charge in [-0.25, -0.2) is 0 Å². The molecule has 0 saturated heterocycles. The largest absolute Gasteiger partial charge is 0.0648 e. The van der Waals surface area contributed by atoms with Crippen molar-refractivity contribution in [2.24, 2.45) is 0 Å². The van der Waals surface area contributed by atoms with Crippen molar-refractivity contribution >= 4 is 0 Å². The van der Waals surface area contributed by atoms with Crippen molar-refractivity contribution in [3.63, 3.8) is 0 Å². The minimum absolute atomic E-state index is 0.633. The maximum absolute atomic E-state index is 2.37. The molecular weight excluding hydrogens is 216 g/mol. The van der Waals surface area contributed by atoms with E-state index in [-0.39, 0.29) is 0 Å². The van der Waals surface area contributed by atoms with Gasteiger partial charge in [0, 0.05) is 0 Å². The zero-order valence-corrected chi connectivity index (χ0v) is 11.8. The molecule has 0 aliphatic carbocycles. The fourth-order valence-electron chi connectivity index (χ4n) is 2.35. The normalized spacial score (nSPS) is 12.4. The zero-order chi connectivity index (χ0) is 13.1. The summed E-state index contributed by atoms with van der Waals surface area (Å²) in [5.41, 5.74) is 6.89. The topological polar surface area (TPSA) is 0 Å². The van der Waals surface area contributed by atoms with E-state index in [0.717, 1.165) is 0 Å². The molecule has 0 heteroatoms. The average Bonchev–Trinajstić information content (AvgIpc) is 2.39. The Kier molecular flexibility index (Phi) is 3.86. The van der Waals surface area contributed by atoms with Crippen molar-refractivity contribution in [3.8, 4) is 11.1 Å². The summed E-state index contributed by atoms with van der Waals surface area (Å²) in [4.78, 5) is 0. The second-order valence-electron chi connectivity index (χ2n) is 5.20. The van der Waals surface area contributed by atoms with E-state index in [4.69, 9.17) is 0 Å². The highest BCUT2D eigenvalue weighted by Crippen LogP contribution is 2.30. The molecule has 2 aromatic rings. The van der Waals surface area contributed by atoms with E-state index in [2.05, 4.69) is 70.2 Å². The second-order valence-corrected chi connectivity index (χ2v) is 5.20. The van der Waals surface area contributed by atoms with Gasteiger partial charge in [-0.15, -0.1) is 0 Å². The Morgan fingerprint density at radius 2 is 1.56 bits per heavy atom. The molecule has 0 bridgehead atoms. The Morgan fingerprint density at radius 1 is 0.889 bits per heavy atom. The molecule has 0 heterocycles. The van der Waals surface area contributed by atoms with Gasteiger partial charge in [0.25, 0.3) is 0 Å². The van der Waals surface area contributed by atoms with Gasteiger partial charge in [-0.2, -0.15) is 0 Å². The van der Waals surface area contributed by atoms with Crippen LogP contribution in [0.25, 0.3) is 11.1 Å². The molecule has 0 fully saturated rings. The third-order valence-corrected chi connectivity index (χ3v) is 3.88. The molecule has 0 N–H and O–H groups in total. The Bertz CT molecular complexity index is 537. The summed E-state index contributed by atoms with van der Waals surface area (Å²) in [5.74, 6) is 0.633. The number of hydrogen-bond donors (Lipinski definition) is 0. The molecule has 2 aromatic carbocycles. The number of aryl methyl sites for hydroxylation is 2. The van der Waals surface area contributed by atoms with Crippen molar-refractivity contribution in [1.82, 2.24) is 0 Å². The van der Waals surface area contributed by atoms with E-state index in [9.17, 15) is 0 Å². The highest BCUT2D eigenvalue weighted by Gasteiger charge is 2.08.